The second kappa shape index (κ2) is 13.0. The highest BCUT2D eigenvalue weighted by molar-refractivity contribution is 7.73. The molecule has 3 atom stereocenters. The topological polar surface area (TPSA) is 52.6 Å². The third-order valence-electron chi connectivity index (χ3n) is 5.83. The summed E-state index contributed by atoms with van der Waals surface area (Å²) >= 11 is 0. The average molecular weight is 455 g/mol. The molecule has 0 aromatic rings. The molecule has 0 aliphatic carbocycles. The van der Waals surface area contributed by atoms with Gasteiger partial charge in [-0.15, -0.1) is 0 Å². The van der Waals surface area contributed by atoms with Crippen LogP contribution in [0.5, 0.6) is 0 Å². The summed E-state index contributed by atoms with van der Waals surface area (Å²) in [6.45, 7) is 7.47. The predicted octanol–water partition coefficient (Wildman–Crippen LogP) is 8.98. The van der Waals surface area contributed by atoms with Crippen molar-refractivity contribution in [2.45, 2.75) is 85.0 Å². The quantitative estimate of drug-likeness (QED) is 0.172. The molecule has 3 unspecified atom stereocenters. The van der Waals surface area contributed by atoms with Crippen LogP contribution >= 0.6 is 14.7 Å². The van der Waals surface area contributed by atoms with Gasteiger partial charge in [0.15, 0.2) is 0 Å². The van der Waals surface area contributed by atoms with E-state index in [1.165, 1.54) is 25.7 Å². The molecule has 2 heterocycles. The molecule has 0 amide bonds. The Balaban J connectivity index is 1.93. The molecular formula is C24H40O4P2. The lowest BCUT2D eigenvalue weighted by molar-refractivity contribution is 0.240. The SMILES string of the molecule is CCCCCCCCOP1(=O)C=CC=C1C1=CC=CP1(=O)OCC(CC)CCCC. The van der Waals surface area contributed by atoms with Gasteiger partial charge in [0.1, 0.15) is 0 Å². The molecule has 2 aliphatic heterocycles. The van der Waals surface area contributed by atoms with Gasteiger partial charge in [0.05, 0.1) is 23.8 Å². The Kier molecular flexibility index (Phi) is 11.1. The molecule has 0 radical (unpaired) electrons. The number of unbranched alkanes of at least 4 members (excludes halogenated alkanes) is 6. The van der Waals surface area contributed by atoms with Gasteiger partial charge in [-0.2, -0.15) is 0 Å². The fourth-order valence-electron chi connectivity index (χ4n) is 3.78. The molecule has 170 valence electrons. The molecule has 0 N–H and O–H groups in total. The van der Waals surface area contributed by atoms with Crippen LogP contribution in [0.25, 0.3) is 0 Å². The molecule has 0 spiro atoms. The van der Waals surface area contributed by atoms with E-state index in [9.17, 15) is 9.13 Å². The maximum Gasteiger partial charge on any atom is 0.255 e. The number of hydrogen-bond acceptors (Lipinski definition) is 4. The van der Waals surface area contributed by atoms with E-state index >= 15 is 0 Å². The maximum absolute atomic E-state index is 13.6. The molecule has 4 nitrogen and oxygen atoms in total. The summed E-state index contributed by atoms with van der Waals surface area (Å²) in [5.74, 6) is 3.68. The Morgan fingerprint density at radius 2 is 1.33 bits per heavy atom. The van der Waals surface area contributed by atoms with Crippen LogP contribution in [-0.2, 0) is 18.2 Å². The van der Waals surface area contributed by atoms with Crippen molar-refractivity contribution >= 4 is 14.7 Å². The van der Waals surface area contributed by atoms with Crippen molar-refractivity contribution in [1.82, 2.24) is 0 Å². The van der Waals surface area contributed by atoms with Crippen LogP contribution in [0.3, 0.4) is 0 Å². The average Bonchev–Trinajstić information content (AvgIpc) is 3.30. The van der Waals surface area contributed by atoms with Crippen LogP contribution in [0.4, 0.5) is 0 Å². The minimum absolute atomic E-state index is 0.400. The Morgan fingerprint density at radius 1 is 0.767 bits per heavy atom. The monoisotopic (exact) mass is 454 g/mol. The standard InChI is InChI=1S/C24H40O4P2/c1-4-7-9-10-11-12-18-27-29(25)19-13-16-23(29)24-17-14-20-30(24,26)28-21-22(6-3)15-8-5-2/h13-14,16-17,19-20,22H,4-12,15,18,21H2,1-3H3. The largest absolute Gasteiger partial charge is 0.322 e. The second-order valence-corrected chi connectivity index (χ2v) is 12.8. The van der Waals surface area contributed by atoms with Crippen LogP contribution in [0.2, 0.25) is 0 Å². The summed E-state index contributed by atoms with van der Waals surface area (Å²) in [5.41, 5.74) is 0. The molecular weight excluding hydrogens is 414 g/mol. The summed E-state index contributed by atoms with van der Waals surface area (Å²) in [6.07, 6.45) is 18.4. The van der Waals surface area contributed by atoms with Gasteiger partial charge in [-0.1, -0.05) is 84.3 Å². The van der Waals surface area contributed by atoms with Gasteiger partial charge in [0, 0.05) is 11.6 Å². The molecule has 0 fully saturated rings. The first kappa shape index (κ1) is 25.6. The molecule has 2 aliphatic rings. The molecule has 0 saturated heterocycles. The first-order valence-electron chi connectivity index (χ1n) is 11.8. The minimum Gasteiger partial charge on any atom is -0.322 e. The summed E-state index contributed by atoms with van der Waals surface area (Å²) in [4.78, 5) is 0. The van der Waals surface area contributed by atoms with E-state index in [0.717, 1.165) is 38.5 Å². The predicted molar refractivity (Wildman–Crippen MR) is 128 cm³/mol. The number of rotatable bonds is 16. The molecule has 0 bridgehead atoms. The lowest BCUT2D eigenvalue weighted by Crippen LogP contribution is -2.08. The van der Waals surface area contributed by atoms with Gasteiger partial charge < -0.3 is 9.05 Å². The highest BCUT2D eigenvalue weighted by Crippen LogP contribution is 2.72. The van der Waals surface area contributed by atoms with Crippen molar-refractivity contribution in [3.05, 3.63) is 46.6 Å². The minimum atomic E-state index is -3.15. The zero-order valence-electron chi connectivity index (χ0n) is 19.1. The van der Waals surface area contributed by atoms with Gasteiger partial charge in [0.2, 0.25) is 0 Å². The Labute approximate surface area is 183 Å². The molecule has 6 heteroatoms. The van der Waals surface area contributed by atoms with Crippen LogP contribution in [-0.4, -0.2) is 13.2 Å². The highest BCUT2D eigenvalue weighted by Gasteiger charge is 2.40. The van der Waals surface area contributed by atoms with E-state index in [4.69, 9.17) is 9.05 Å². The molecule has 2 rings (SSSR count). The zero-order chi connectivity index (χ0) is 21.9. The van der Waals surface area contributed by atoms with Crippen molar-refractivity contribution in [2.24, 2.45) is 5.92 Å². The van der Waals surface area contributed by atoms with Gasteiger partial charge in [-0.05, 0) is 30.9 Å². The summed E-state index contributed by atoms with van der Waals surface area (Å²) in [7, 11) is -6.27. The smallest absolute Gasteiger partial charge is 0.255 e. The normalized spacial score (nSPS) is 26.2. The number of allylic oxidation sites excluding steroid dienone is 6. The zero-order valence-corrected chi connectivity index (χ0v) is 20.8. The molecule has 0 aromatic heterocycles. The summed E-state index contributed by atoms with van der Waals surface area (Å²) < 4.78 is 38.9. The van der Waals surface area contributed by atoms with Crippen molar-refractivity contribution < 1.29 is 18.2 Å². The van der Waals surface area contributed by atoms with Crippen molar-refractivity contribution in [1.29, 1.82) is 0 Å². The second-order valence-electron chi connectivity index (χ2n) is 8.29. The molecule has 30 heavy (non-hydrogen) atoms. The first-order valence-corrected chi connectivity index (χ1v) is 15.2. The van der Waals surface area contributed by atoms with E-state index in [2.05, 4.69) is 20.8 Å². The molecule has 0 saturated carbocycles. The van der Waals surface area contributed by atoms with E-state index in [-0.39, 0.29) is 0 Å². The van der Waals surface area contributed by atoms with E-state index in [0.29, 0.717) is 29.8 Å². The van der Waals surface area contributed by atoms with Crippen molar-refractivity contribution in [3.8, 4) is 0 Å². The fraction of sp³-hybridized carbons (Fsp3) is 0.667. The summed E-state index contributed by atoms with van der Waals surface area (Å²) in [5, 5.41) is 1.09. The van der Waals surface area contributed by atoms with Gasteiger partial charge >= 0.3 is 0 Å². The fourth-order valence-corrected chi connectivity index (χ4v) is 8.22. The van der Waals surface area contributed by atoms with Gasteiger partial charge in [-0.25, -0.2) is 0 Å². The van der Waals surface area contributed by atoms with E-state index in [1.54, 1.807) is 35.9 Å². The van der Waals surface area contributed by atoms with Gasteiger partial charge in [-0.3, -0.25) is 9.13 Å². The van der Waals surface area contributed by atoms with E-state index < -0.39 is 14.7 Å². The Morgan fingerprint density at radius 3 is 1.93 bits per heavy atom. The third-order valence-corrected chi connectivity index (χ3v) is 10.4. The van der Waals surface area contributed by atoms with Gasteiger partial charge in [0.25, 0.3) is 14.7 Å². The Bertz CT molecular complexity index is 748. The Hall–Kier alpha value is -0.660. The van der Waals surface area contributed by atoms with Crippen molar-refractivity contribution in [2.75, 3.05) is 13.2 Å². The van der Waals surface area contributed by atoms with E-state index in [1.807, 2.05) is 0 Å². The number of hydrogen-bond donors (Lipinski definition) is 0. The highest BCUT2D eigenvalue weighted by atomic mass is 31.2. The van der Waals surface area contributed by atoms with Crippen LogP contribution < -0.4 is 0 Å². The maximum atomic E-state index is 13.6. The summed E-state index contributed by atoms with van der Waals surface area (Å²) in [6, 6.07) is 0. The third kappa shape index (κ3) is 7.20. The van der Waals surface area contributed by atoms with Crippen molar-refractivity contribution in [3.63, 3.8) is 0 Å². The first-order chi connectivity index (χ1) is 14.5. The lowest BCUT2D eigenvalue weighted by Gasteiger charge is -2.23. The van der Waals surface area contributed by atoms with Crippen LogP contribution in [0, 0.1) is 5.92 Å². The van der Waals surface area contributed by atoms with Crippen LogP contribution in [0.1, 0.15) is 85.0 Å². The van der Waals surface area contributed by atoms with Crippen LogP contribution in [0.15, 0.2) is 46.6 Å². The lowest BCUT2D eigenvalue weighted by atomic mass is 10.0. The molecule has 0 aromatic carbocycles.